The molecule has 0 fully saturated rings. The normalized spacial score (nSPS) is 13.5. The monoisotopic (exact) mass is 154 g/mol. The van der Waals surface area contributed by atoms with Crippen molar-refractivity contribution in [2.24, 2.45) is 4.99 Å². The van der Waals surface area contributed by atoms with Crippen molar-refractivity contribution >= 4 is 5.71 Å². The van der Waals surface area contributed by atoms with E-state index in [9.17, 15) is 0 Å². The van der Waals surface area contributed by atoms with E-state index in [0.717, 1.165) is 18.8 Å². The van der Waals surface area contributed by atoms with Crippen molar-refractivity contribution in [1.29, 1.82) is 0 Å². The molecule has 0 aromatic carbocycles. The van der Waals surface area contributed by atoms with Crippen LogP contribution in [-0.2, 0) is 0 Å². The summed E-state index contributed by atoms with van der Waals surface area (Å²) in [6.07, 6.45) is 2.06. The molecule has 2 heteroatoms. The molecule has 0 heterocycles. The van der Waals surface area contributed by atoms with Gasteiger partial charge in [0.25, 0.3) is 0 Å². The predicted octanol–water partition coefficient (Wildman–Crippen LogP) is 1.98. The molecule has 0 bridgehead atoms. The summed E-state index contributed by atoms with van der Waals surface area (Å²) in [6, 6.07) is 0. The number of hydrogen-bond acceptors (Lipinski definition) is 2. The Hall–Kier alpha value is -0.790. The van der Waals surface area contributed by atoms with Crippen molar-refractivity contribution in [2.45, 2.75) is 27.7 Å². The van der Waals surface area contributed by atoms with Crippen LogP contribution in [0.5, 0.6) is 0 Å². The van der Waals surface area contributed by atoms with Crippen molar-refractivity contribution in [1.82, 2.24) is 5.32 Å². The van der Waals surface area contributed by atoms with Crippen LogP contribution in [0.25, 0.3) is 0 Å². The molecule has 2 nitrogen and oxygen atoms in total. The SMILES string of the molecule is CC/N=C(C)\C=C(\C)NCC. The minimum Gasteiger partial charge on any atom is -0.389 e. The van der Waals surface area contributed by atoms with E-state index in [4.69, 9.17) is 0 Å². The van der Waals surface area contributed by atoms with Crippen LogP contribution in [0.1, 0.15) is 27.7 Å². The third kappa shape index (κ3) is 5.64. The zero-order valence-corrected chi connectivity index (χ0v) is 7.94. The number of aliphatic imine (C=N–C) groups is 1. The lowest BCUT2D eigenvalue weighted by Crippen LogP contribution is -2.10. The van der Waals surface area contributed by atoms with Gasteiger partial charge in [0.1, 0.15) is 0 Å². The molecular formula is C9H18N2. The number of nitrogens with one attached hydrogen (secondary N) is 1. The summed E-state index contributed by atoms with van der Waals surface area (Å²) in [5.41, 5.74) is 2.27. The summed E-state index contributed by atoms with van der Waals surface area (Å²) in [7, 11) is 0. The Balaban J connectivity index is 3.96. The van der Waals surface area contributed by atoms with Gasteiger partial charge in [0.15, 0.2) is 0 Å². The second-order valence-corrected chi connectivity index (χ2v) is 2.47. The molecule has 0 aromatic rings. The molecule has 0 aromatic heterocycles. The highest BCUT2D eigenvalue weighted by Crippen LogP contribution is 1.88. The molecule has 0 atom stereocenters. The fraction of sp³-hybridized carbons (Fsp3) is 0.667. The lowest BCUT2D eigenvalue weighted by molar-refractivity contribution is 0.855. The first-order valence-electron chi connectivity index (χ1n) is 4.13. The number of hydrogen-bond donors (Lipinski definition) is 1. The maximum Gasteiger partial charge on any atom is 0.0364 e. The summed E-state index contributed by atoms with van der Waals surface area (Å²) in [6.45, 7) is 10.0. The molecule has 11 heavy (non-hydrogen) atoms. The quantitative estimate of drug-likeness (QED) is 0.615. The van der Waals surface area contributed by atoms with Crippen LogP contribution in [-0.4, -0.2) is 18.8 Å². The van der Waals surface area contributed by atoms with Crippen LogP contribution in [0.4, 0.5) is 0 Å². The summed E-state index contributed by atoms with van der Waals surface area (Å²) in [5.74, 6) is 0. The largest absolute Gasteiger partial charge is 0.389 e. The van der Waals surface area contributed by atoms with E-state index < -0.39 is 0 Å². The maximum absolute atomic E-state index is 4.25. The van der Waals surface area contributed by atoms with Crippen molar-refractivity contribution in [3.05, 3.63) is 11.8 Å². The molecule has 0 amide bonds. The van der Waals surface area contributed by atoms with Crippen LogP contribution >= 0.6 is 0 Å². The molecule has 0 spiro atoms. The standard InChI is InChI=1S/C9H18N2/c1-5-10-8(3)7-9(4)11-6-2/h7,10H,5-6H2,1-4H3/b8-7-,11-9-. The third-order valence-electron chi connectivity index (χ3n) is 1.29. The van der Waals surface area contributed by atoms with Gasteiger partial charge in [-0.05, 0) is 33.8 Å². The Morgan fingerprint density at radius 2 is 2.00 bits per heavy atom. The summed E-state index contributed by atoms with van der Waals surface area (Å²) < 4.78 is 0. The molecule has 0 saturated heterocycles. The number of allylic oxidation sites excluding steroid dienone is 2. The predicted molar refractivity (Wildman–Crippen MR) is 51.1 cm³/mol. The van der Waals surface area contributed by atoms with Gasteiger partial charge in [-0.1, -0.05) is 0 Å². The molecule has 0 aliphatic heterocycles. The minimum absolute atomic E-state index is 0.863. The van der Waals surface area contributed by atoms with Gasteiger partial charge in [0, 0.05) is 24.5 Å². The Morgan fingerprint density at radius 1 is 1.36 bits per heavy atom. The van der Waals surface area contributed by atoms with Gasteiger partial charge in [-0.2, -0.15) is 0 Å². The first-order valence-corrected chi connectivity index (χ1v) is 4.13. The fourth-order valence-corrected chi connectivity index (χ4v) is 0.938. The molecule has 64 valence electrons. The van der Waals surface area contributed by atoms with E-state index in [2.05, 4.69) is 30.2 Å². The first-order chi connectivity index (χ1) is 5.20. The van der Waals surface area contributed by atoms with Crippen LogP contribution < -0.4 is 5.32 Å². The maximum atomic E-state index is 4.25. The van der Waals surface area contributed by atoms with Crippen LogP contribution in [0.15, 0.2) is 16.8 Å². The highest BCUT2D eigenvalue weighted by molar-refractivity contribution is 5.93. The molecule has 0 aliphatic rings. The van der Waals surface area contributed by atoms with Crippen molar-refractivity contribution in [3.8, 4) is 0 Å². The molecule has 0 rings (SSSR count). The molecule has 0 saturated carbocycles. The topological polar surface area (TPSA) is 24.4 Å². The smallest absolute Gasteiger partial charge is 0.0364 e. The first kappa shape index (κ1) is 10.2. The zero-order chi connectivity index (χ0) is 8.69. The fourth-order valence-electron chi connectivity index (χ4n) is 0.938. The summed E-state index contributed by atoms with van der Waals surface area (Å²) in [5, 5.41) is 3.22. The molecule has 0 unspecified atom stereocenters. The van der Waals surface area contributed by atoms with Gasteiger partial charge in [0.05, 0.1) is 0 Å². The van der Waals surface area contributed by atoms with Crippen molar-refractivity contribution < 1.29 is 0 Å². The lowest BCUT2D eigenvalue weighted by Gasteiger charge is -2.01. The molecular weight excluding hydrogens is 136 g/mol. The lowest BCUT2D eigenvalue weighted by atomic mass is 10.3. The van der Waals surface area contributed by atoms with Gasteiger partial charge in [-0.15, -0.1) is 0 Å². The highest BCUT2D eigenvalue weighted by Gasteiger charge is 1.86. The van der Waals surface area contributed by atoms with E-state index in [1.807, 2.05) is 13.8 Å². The second-order valence-electron chi connectivity index (χ2n) is 2.47. The van der Waals surface area contributed by atoms with Gasteiger partial charge in [0.2, 0.25) is 0 Å². The van der Waals surface area contributed by atoms with Gasteiger partial charge in [-0.3, -0.25) is 4.99 Å². The minimum atomic E-state index is 0.863. The third-order valence-corrected chi connectivity index (χ3v) is 1.29. The Labute approximate surface area is 69.4 Å². The van der Waals surface area contributed by atoms with Crippen molar-refractivity contribution in [3.63, 3.8) is 0 Å². The van der Waals surface area contributed by atoms with E-state index in [-0.39, 0.29) is 0 Å². The Bertz CT molecular complexity index is 157. The number of rotatable bonds is 4. The number of nitrogens with zero attached hydrogens (tertiary/aromatic N) is 1. The average molecular weight is 154 g/mol. The van der Waals surface area contributed by atoms with Crippen LogP contribution in [0.3, 0.4) is 0 Å². The van der Waals surface area contributed by atoms with Crippen LogP contribution in [0.2, 0.25) is 0 Å². The van der Waals surface area contributed by atoms with E-state index >= 15 is 0 Å². The summed E-state index contributed by atoms with van der Waals surface area (Å²) in [4.78, 5) is 4.25. The molecule has 0 radical (unpaired) electrons. The van der Waals surface area contributed by atoms with Gasteiger partial charge >= 0.3 is 0 Å². The van der Waals surface area contributed by atoms with Crippen LogP contribution in [0, 0.1) is 0 Å². The van der Waals surface area contributed by atoms with E-state index in [0.29, 0.717) is 0 Å². The van der Waals surface area contributed by atoms with Gasteiger partial charge < -0.3 is 5.32 Å². The molecule has 1 N–H and O–H groups in total. The highest BCUT2D eigenvalue weighted by atomic mass is 14.9. The molecule has 0 aliphatic carbocycles. The van der Waals surface area contributed by atoms with E-state index in [1.165, 1.54) is 5.70 Å². The second kappa shape index (κ2) is 5.96. The average Bonchev–Trinajstić information content (AvgIpc) is 1.87. The zero-order valence-electron chi connectivity index (χ0n) is 7.94. The summed E-state index contributed by atoms with van der Waals surface area (Å²) >= 11 is 0. The van der Waals surface area contributed by atoms with E-state index in [1.54, 1.807) is 0 Å². The van der Waals surface area contributed by atoms with Crippen molar-refractivity contribution in [2.75, 3.05) is 13.1 Å². The van der Waals surface area contributed by atoms with Gasteiger partial charge in [-0.25, -0.2) is 0 Å². The Kier molecular flexibility index (Phi) is 5.53. The Morgan fingerprint density at radius 3 is 2.45 bits per heavy atom.